The number of hydrogen-bond donors (Lipinski definition) is 1. The van der Waals surface area contributed by atoms with E-state index < -0.39 is 0 Å². The van der Waals surface area contributed by atoms with Gasteiger partial charge in [0.1, 0.15) is 0 Å². The van der Waals surface area contributed by atoms with E-state index in [9.17, 15) is 0 Å². The summed E-state index contributed by atoms with van der Waals surface area (Å²) >= 11 is 0. The Hall–Kier alpha value is -0.120. The number of aliphatic hydroxyl groups excluding tert-OH is 1. The van der Waals surface area contributed by atoms with Gasteiger partial charge in [0.05, 0.1) is 26.4 Å². The molecule has 1 N–H and O–H groups in total. The Morgan fingerprint density at radius 1 is 0.423 bits per heavy atom. The summed E-state index contributed by atoms with van der Waals surface area (Å²) in [6, 6.07) is 0. The van der Waals surface area contributed by atoms with Crippen molar-refractivity contribution in [2.45, 2.75) is 116 Å². The second-order valence-electron chi connectivity index (χ2n) is 7.61. The van der Waals surface area contributed by atoms with Crippen LogP contribution in [-0.2, 0) is 9.47 Å². The van der Waals surface area contributed by atoms with Gasteiger partial charge in [0, 0.05) is 6.61 Å². The SMILES string of the molecule is CCCCCCCCCCCCCCCCCCCOCCOCCO. The van der Waals surface area contributed by atoms with Crippen LogP contribution in [0.5, 0.6) is 0 Å². The largest absolute Gasteiger partial charge is 0.394 e. The Morgan fingerprint density at radius 2 is 0.769 bits per heavy atom. The molecule has 0 amide bonds. The van der Waals surface area contributed by atoms with Crippen molar-refractivity contribution >= 4 is 0 Å². The fourth-order valence-electron chi connectivity index (χ4n) is 3.32. The van der Waals surface area contributed by atoms with Gasteiger partial charge in [-0.1, -0.05) is 110 Å². The number of rotatable bonds is 23. The van der Waals surface area contributed by atoms with E-state index in [1.54, 1.807) is 0 Å². The van der Waals surface area contributed by atoms with Crippen molar-refractivity contribution in [2.75, 3.05) is 33.0 Å². The van der Waals surface area contributed by atoms with Gasteiger partial charge < -0.3 is 14.6 Å². The van der Waals surface area contributed by atoms with E-state index in [1.165, 1.54) is 109 Å². The highest BCUT2D eigenvalue weighted by atomic mass is 16.5. The summed E-state index contributed by atoms with van der Waals surface area (Å²) in [4.78, 5) is 0. The Balaban J connectivity index is 2.95. The summed E-state index contributed by atoms with van der Waals surface area (Å²) in [7, 11) is 0. The van der Waals surface area contributed by atoms with Gasteiger partial charge in [-0.25, -0.2) is 0 Å². The van der Waals surface area contributed by atoms with Crippen LogP contribution in [0.3, 0.4) is 0 Å². The van der Waals surface area contributed by atoms with Crippen molar-refractivity contribution in [1.29, 1.82) is 0 Å². The average Bonchev–Trinajstić information content (AvgIpc) is 2.66. The van der Waals surface area contributed by atoms with Crippen LogP contribution in [0.15, 0.2) is 0 Å². The molecule has 0 aromatic carbocycles. The molecule has 158 valence electrons. The van der Waals surface area contributed by atoms with E-state index in [0.29, 0.717) is 19.8 Å². The van der Waals surface area contributed by atoms with Gasteiger partial charge in [0.15, 0.2) is 0 Å². The molecule has 0 spiro atoms. The maximum absolute atomic E-state index is 8.57. The van der Waals surface area contributed by atoms with Crippen LogP contribution < -0.4 is 0 Å². The van der Waals surface area contributed by atoms with Crippen LogP contribution in [0.25, 0.3) is 0 Å². The van der Waals surface area contributed by atoms with Crippen molar-refractivity contribution < 1.29 is 14.6 Å². The molecule has 0 aliphatic rings. The summed E-state index contributed by atoms with van der Waals surface area (Å²) in [6.07, 6.45) is 23.9. The summed E-state index contributed by atoms with van der Waals surface area (Å²) in [5.41, 5.74) is 0. The molecular weight excluding hydrogens is 324 g/mol. The van der Waals surface area contributed by atoms with Gasteiger partial charge in [-0.3, -0.25) is 0 Å². The monoisotopic (exact) mass is 372 g/mol. The summed E-state index contributed by atoms with van der Waals surface area (Å²) in [5.74, 6) is 0. The molecule has 0 rings (SSSR count). The Labute approximate surface area is 164 Å². The molecule has 0 aromatic rings. The highest BCUT2D eigenvalue weighted by molar-refractivity contribution is 4.50. The molecule has 0 aromatic heterocycles. The molecule has 0 unspecified atom stereocenters. The predicted octanol–water partition coefficient (Wildman–Crippen LogP) is 6.66. The molecule has 0 radical (unpaired) electrons. The van der Waals surface area contributed by atoms with Gasteiger partial charge in [-0.05, 0) is 6.42 Å². The predicted molar refractivity (Wildman–Crippen MR) is 113 cm³/mol. The Morgan fingerprint density at radius 3 is 1.15 bits per heavy atom. The van der Waals surface area contributed by atoms with Gasteiger partial charge in [-0.15, -0.1) is 0 Å². The fraction of sp³-hybridized carbons (Fsp3) is 1.00. The minimum absolute atomic E-state index is 0.0964. The van der Waals surface area contributed by atoms with Crippen molar-refractivity contribution in [3.63, 3.8) is 0 Å². The second kappa shape index (κ2) is 24.9. The van der Waals surface area contributed by atoms with Gasteiger partial charge >= 0.3 is 0 Å². The van der Waals surface area contributed by atoms with E-state index in [4.69, 9.17) is 14.6 Å². The van der Waals surface area contributed by atoms with Crippen molar-refractivity contribution in [3.8, 4) is 0 Å². The van der Waals surface area contributed by atoms with E-state index in [0.717, 1.165) is 6.61 Å². The first-order valence-corrected chi connectivity index (χ1v) is 11.7. The van der Waals surface area contributed by atoms with E-state index in [2.05, 4.69) is 6.92 Å². The first kappa shape index (κ1) is 25.9. The topological polar surface area (TPSA) is 38.7 Å². The quantitative estimate of drug-likeness (QED) is 0.204. The lowest BCUT2D eigenvalue weighted by atomic mass is 10.0. The zero-order chi connectivity index (χ0) is 19.0. The van der Waals surface area contributed by atoms with Crippen LogP contribution in [0.1, 0.15) is 116 Å². The minimum atomic E-state index is 0.0964. The third kappa shape index (κ3) is 23.9. The Bertz CT molecular complexity index is 209. The zero-order valence-corrected chi connectivity index (χ0v) is 17.8. The first-order valence-electron chi connectivity index (χ1n) is 11.7. The number of unbranched alkanes of at least 4 members (excludes halogenated alkanes) is 16. The number of hydrogen-bond acceptors (Lipinski definition) is 3. The summed E-state index contributed by atoms with van der Waals surface area (Å²) in [6.45, 7) is 4.90. The van der Waals surface area contributed by atoms with Crippen LogP contribution >= 0.6 is 0 Å². The maximum atomic E-state index is 8.57. The zero-order valence-electron chi connectivity index (χ0n) is 17.8. The van der Waals surface area contributed by atoms with Crippen molar-refractivity contribution in [2.24, 2.45) is 0 Å². The number of ether oxygens (including phenoxy) is 2. The lowest BCUT2D eigenvalue weighted by Gasteiger charge is -2.05. The number of aliphatic hydroxyl groups is 1. The highest BCUT2D eigenvalue weighted by Gasteiger charge is 1.95. The normalized spacial score (nSPS) is 11.3. The molecule has 0 aliphatic heterocycles. The fourth-order valence-corrected chi connectivity index (χ4v) is 3.32. The molecule has 0 aliphatic carbocycles. The maximum Gasteiger partial charge on any atom is 0.0701 e. The Kier molecular flexibility index (Phi) is 24.8. The first-order chi connectivity index (χ1) is 12.9. The molecular formula is C23H48O3. The third-order valence-corrected chi connectivity index (χ3v) is 5.00. The lowest BCUT2D eigenvalue weighted by Crippen LogP contribution is -2.07. The molecule has 3 nitrogen and oxygen atoms in total. The molecule has 0 heterocycles. The van der Waals surface area contributed by atoms with Gasteiger partial charge in [0.2, 0.25) is 0 Å². The van der Waals surface area contributed by atoms with Crippen LogP contribution in [-0.4, -0.2) is 38.1 Å². The standard InChI is InChI=1S/C23H48O3/c1-2-3-4-5-6-7-8-9-10-11-12-13-14-15-16-17-18-20-25-22-23-26-21-19-24/h24H,2-23H2,1H3. The van der Waals surface area contributed by atoms with E-state index in [-0.39, 0.29) is 6.61 Å². The second-order valence-corrected chi connectivity index (χ2v) is 7.61. The molecule has 0 bridgehead atoms. The molecule has 26 heavy (non-hydrogen) atoms. The third-order valence-electron chi connectivity index (χ3n) is 5.00. The smallest absolute Gasteiger partial charge is 0.0701 e. The van der Waals surface area contributed by atoms with Gasteiger partial charge in [-0.2, -0.15) is 0 Å². The average molecular weight is 373 g/mol. The molecule has 0 saturated heterocycles. The molecule has 0 atom stereocenters. The molecule has 0 saturated carbocycles. The lowest BCUT2D eigenvalue weighted by molar-refractivity contribution is 0.0321. The van der Waals surface area contributed by atoms with E-state index in [1.807, 2.05) is 0 Å². The molecule has 3 heteroatoms. The van der Waals surface area contributed by atoms with Crippen molar-refractivity contribution in [1.82, 2.24) is 0 Å². The van der Waals surface area contributed by atoms with Crippen LogP contribution in [0.4, 0.5) is 0 Å². The van der Waals surface area contributed by atoms with E-state index >= 15 is 0 Å². The van der Waals surface area contributed by atoms with Crippen molar-refractivity contribution in [3.05, 3.63) is 0 Å². The van der Waals surface area contributed by atoms with Crippen LogP contribution in [0, 0.1) is 0 Å². The highest BCUT2D eigenvalue weighted by Crippen LogP contribution is 2.13. The minimum Gasteiger partial charge on any atom is -0.394 e. The molecule has 0 fully saturated rings. The van der Waals surface area contributed by atoms with Crippen LogP contribution in [0.2, 0.25) is 0 Å². The van der Waals surface area contributed by atoms with Gasteiger partial charge in [0.25, 0.3) is 0 Å². The summed E-state index contributed by atoms with van der Waals surface area (Å²) < 4.78 is 10.6. The summed E-state index contributed by atoms with van der Waals surface area (Å²) in [5, 5.41) is 8.57.